The van der Waals surface area contributed by atoms with Crippen LogP contribution in [0.4, 0.5) is 0 Å². The Kier molecular flexibility index (Phi) is 7.89. The van der Waals surface area contributed by atoms with E-state index in [-0.39, 0.29) is 0 Å². The van der Waals surface area contributed by atoms with Crippen molar-refractivity contribution >= 4 is 11.2 Å². The molecule has 0 saturated carbocycles. The van der Waals surface area contributed by atoms with Crippen LogP contribution >= 0.6 is 0 Å². The minimum absolute atomic E-state index is 0.424. The summed E-state index contributed by atoms with van der Waals surface area (Å²) in [4.78, 5) is 15.9. The lowest BCUT2D eigenvalue weighted by atomic mass is 9.91. The van der Waals surface area contributed by atoms with Crippen LogP contribution in [0.3, 0.4) is 0 Å². The average Bonchev–Trinajstić information content (AvgIpc) is 3.09. The van der Waals surface area contributed by atoms with Gasteiger partial charge in [-0.15, -0.1) is 0 Å². The van der Waals surface area contributed by atoms with Crippen LogP contribution in [0.15, 0.2) is 6.20 Å². The van der Waals surface area contributed by atoms with Crippen molar-refractivity contribution in [1.82, 2.24) is 24.4 Å². The molecule has 3 heterocycles. The van der Waals surface area contributed by atoms with E-state index in [1.165, 1.54) is 45.3 Å². The zero-order valence-corrected chi connectivity index (χ0v) is 17.7. The number of fused-ring (bicyclic) bond motifs is 1. The van der Waals surface area contributed by atoms with Crippen molar-refractivity contribution < 1.29 is 9.47 Å². The number of aromatic nitrogens is 4. The summed E-state index contributed by atoms with van der Waals surface area (Å²) >= 11 is 0. The normalized spacial score (nSPS) is 16.0. The topological polar surface area (TPSA) is 65.3 Å². The molecule has 0 amide bonds. The molecule has 0 N–H and O–H groups in total. The summed E-state index contributed by atoms with van der Waals surface area (Å²) in [5.41, 5.74) is 1.56. The lowest BCUT2D eigenvalue weighted by Gasteiger charge is -2.31. The van der Waals surface area contributed by atoms with Gasteiger partial charge in [-0.05, 0) is 51.2 Å². The van der Waals surface area contributed by atoms with Crippen LogP contribution < -0.4 is 9.47 Å². The zero-order chi connectivity index (χ0) is 19.8. The van der Waals surface area contributed by atoms with Crippen molar-refractivity contribution in [3.63, 3.8) is 0 Å². The molecule has 0 atom stereocenters. The summed E-state index contributed by atoms with van der Waals surface area (Å²) in [7, 11) is 1.66. The third kappa shape index (κ3) is 5.34. The van der Waals surface area contributed by atoms with Gasteiger partial charge in [-0.2, -0.15) is 9.97 Å². The molecule has 2 aromatic heterocycles. The number of rotatable bonds is 11. The maximum Gasteiger partial charge on any atom is 0.318 e. The van der Waals surface area contributed by atoms with Crippen LogP contribution in [0.5, 0.6) is 12.0 Å². The zero-order valence-electron chi connectivity index (χ0n) is 17.7. The van der Waals surface area contributed by atoms with E-state index >= 15 is 0 Å². The molecule has 0 unspecified atom stereocenters. The van der Waals surface area contributed by atoms with Crippen molar-refractivity contribution in [3.05, 3.63) is 6.20 Å². The molecule has 0 bridgehead atoms. The number of imidazole rings is 1. The van der Waals surface area contributed by atoms with Gasteiger partial charge in [-0.3, -0.25) is 4.57 Å². The first-order chi connectivity index (χ1) is 13.7. The largest absolute Gasteiger partial charge is 0.468 e. The molecular formula is C21H35N5O2. The fourth-order valence-corrected chi connectivity index (χ4v) is 3.91. The first kappa shape index (κ1) is 20.8. The molecule has 1 aliphatic heterocycles. The van der Waals surface area contributed by atoms with Gasteiger partial charge in [-0.1, -0.05) is 33.1 Å². The number of nitrogens with zero attached hydrogens (tertiary/aromatic N) is 5. The third-order valence-corrected chi connectivity index (χ3v) is 5.74. The molecule has 0 aromatic carbocycles. The molecule has 0 radical (unpaired) electrons. The molecular weight excluding hydrogens is 354 g/mol. The highest BCUT2D eigenvalue weighted by molar-refractivity contribution is 5.71. The van der Waals surface area contributed by atoms with E-state index in [2.05, 4.69) is 38.3 Å². The molecule has 0 spiro atoms. The first-order valence-corrected chi connectivity index (χ1v) is 10.9. The highest BCUT2D eigenvalue weighted by Gasteiger charge is 2.18. The fraction of sp³-hybridized carbons (Fsp3) is 0.762. The second-order valence-corrected chi connectivity index (χ2v) is 7.69. The molecule has 3 rings (SSSR count). The molecule has 2 aromatic rings. The monoisotopic (exact) mass is 389 g/mol. The van der Waals surface area contributed by atoms with E-state index in [4.69, 9.17) is 9.47 Å². The van der Waals surface area contributed by atoms with Crippen LogP contribution in [0.2, 0.25) is 0 Å². The maximum atomic E-state index is 5.67. The quantitative estimate of drug-likeness (QED) is 0.543. The molecule has 7 heteroatoms. The summed E-state index contributed by atoms with van der Waals surface area (Å²) in [6, 6.07) is 1.03. The Hall–Kier alpha value is -1.89. The van der Waals surface area contributed by atoms with Crippen molar-refractivity contribution in [1.29, 1.82) is 0 Å². The second kappa shape index (κ2) is 10.6. The Morgan fingerprint density at radius 1 is 1.11 bits per heavy atom. The second-order valence-electron chi connectivity index (χ2n) is 7.69. The van der Waals surface area contributed by atoms with Crippen LogP contribution in [0.25, 0.3) is 11.2 Å². The summed E-state index contributed by atoms with van der Waals surface area (Å²) in [6.07, 6.45) is 10.1. The minimum atomic E-state index is 0.424. The number of unbranched alkanes of at least 4 members (excludes halogenated alkanes) is 2. The van der Waals surface area contributed by atoms with E-state index < -0.39 is 0 Å². The molecule has 1 saturated heterocycles. The summed E-state index contributed by atoms with van der Waals surface area (Å²) in [6.45, 7) is 9.61. The van der Waals surface area contributed by atoms with Gasteiger partial charge in [0.1, 0.15) is 5.52 Å². The number of hydrogen-bond donors (Lipinski definition) is 0. The van der Waals surface area contributed by atoms with Gasteiger partial charge in [0.25, 0.3) is 6.01 Å². The maximum absolute atomic E-state index is 5.67. The smallest absolute Gasteiger partial charge is 0.318 e. The molecule has 1 fully saturated rings. The molecule has 156 valence electrons. The van der Waals surface area contributed by atoms with Crippen molar-refractivity contribution in [2.24, 2.45) is 5.92 Å². The molecule has 0 aliphatic carbocycles. The SMILES string of the molecule is CCCCOc1ncc2nc(OC)n(CCCCC3CCN(CC)CC3)c2n1. The van der Waals surface area contributed by atoms with Crippen LogP contribution in [0.1, 0.15) is 58.8 Å². The summed E-state index contributed by atoms with van der Waals surface area (Å²) < 4.78 is 13.2. The van der Waals surface area contributed by atoms with E-state index in [1.807, 2.05) is 0 Å². The number of likely N-dealkylation sites (tertiary alicyclic amines) is 1. The number of piperidine rings is 1. The van der Waals surface area contributed by atoms with E-state index in [1.54, 1.807) is 13.3 Å². The Labute approximate surface area is 168 Å². The Morgan fingerprint density at radius 2 is 1.93 bits per heavy atom. The predicted molar refractivity (Wildman–Crippen MR) is 111 cm³/mol. The van der Waals surface area contributed by atoms with E-state index in [9.17, 15) is 0 Å². The van der Waals surface area contributed by atoms with Crippen molar-refractivity contribution in [3.8, 4) is 12.0 Å². The number of hydrogen-bond acceptors (Lipinski definition) is 6. The number of methoxy groups -OCH3 is 1. The van der Waals surface area contributed by atoms with E-state index in [0.29, 0.717) is 18.6 Å². The molecule has 28 heavy (non-hydrogen) atoms. The van der Waals surface area contributed by atoms with Gasteiger partial charge < -0.3 is 14.4 Å². The highest BCUT2D eigenvalue weighted by atomic mass is 16.5. The van der Waals surface area contributed by atoms with Gasteiger partial charge in [-0.25, -0.2) is 4.98 Å². The van der Waals surface area contributed by atoms with Crippen LogP contribution in [-0.4, -0.2) is 57.8 Å². The van der Waals surface area contributed by atoms with Gasteiger partial charge in [0.2, 0.25) is 0 Å². The highest BCUT2D eigenvalue weighted by Crippen LogP contribution is 2.25. The first-order valence-electron chi connectivity index (χ1n) is 10.9. The average molecular weight is 390 g/mol. The Bertz CT molecular complexity index is 725. The fourth-order valence-electron chi connectivity index (χ4n) is 3.91. The van der Waals surface area contributed by atoms with E-state index in [0.717, 1.165) is 42.9 Å². The van der Waals surface area contributed by atoms with Crippen LogP contribution in [-0.2, 0) is 6.54 Å². The lowest BCUT2D eigenvalue weighted by molar-refractivity contribution is 0.184. The Morgan fingerprint density at radius 3 is 2.64 bits per heavy atom. The molecule has 1 aliphatic rings. The standard InChI is InChI=1S/C21H35N5O2/c1-4-6-15-28-20-22-16-18-19(24-20)26(21(23-18)27-3)12-8-7-9-17-10-13-25(5-2)14-11-17/h16-17H,4-15H2,1-3H3. The lowest BCUT2D eigenvalue weighted by Crippen LogP contribution is -2.33. The van der Waals surface area contributed by atoms with Crippen molar-refractivity contribution in [2.45, 2.75) is 65.3 Å². The Balaban J connectivity index is 1.56. The summed E-state index contributed by atoms with van der Waals surface area (Å²) in [5, 5.41) is 0. The molecule has 7 nitrogen and oxygen atoms in total. The van der Waals surface area contributed by atoms with Crippen LogP contribution in [0, 0.1) is 5.92 Å². The van der Waals surface area contributed by atoms with Gasteiger partial charge in [0.05, 0.1) is 19.9 Å². The van der Waals surface area contributed by atoms with Gasteiger partial charge in [0, 0.05) is 6.54 Å². The number of ether oxygens (including phenoxy) is 2. The van der Waals surface area contributed by atoms with Crippen molar-refractivity contribution in [2.75, 3.05) is 33.4 Å². The predicted octanol–water partition coefficient (Wildman–Crippen LogP) is 3.92. The summed E-state index contributed by atoms with van der Waals surface area (Å²) in [5.74, 6) is 0.880. The van der Waals surface area contributed by atoms with Gasteiger partial charge in [0.15, 0.2) is 5.65 Å². The number of aryl methyl sites for hydroxylation is 1. The van der Waals surface area contributed by atoms with Gasteiger partial charge >= 0.3 is 6.01 Å². The minimum Gasteiger partial charge on any atom is -0.468 e. The third-order valence-electron chi connectivity index (χ3n) is 5.74.